The third kappa shape index (κ3) is 4.13. The van der Waals surface area contributed by atoms with Gasteiger partial charge in [-0.3, -0.25) is 10.1 Å². The van der Waals surface area contributed by atoms with Crippen molar-refractivity contribution in [1.82, 2.24) is 0 Å². The molecule has 0 aliphatic carbocycles. The molecule has 2 aromatic rings. The van der Waals surface area contributed by atoms with Crippen LogP contribution in [0.5, 0.6) is 5.75 Å². The van der Waals surface area contributed by atoms with Gasteiger partial charge in [0, 0.05) is 18.3 Å². The largest absolute Gasteiger partial charge is 0.417 e. The van der Waals surface area contributed by atoms with Crippen molar-refractivity contribution in [3.05, 3.63) is 54.6 Å². The normalized spacial score (nSPS) is 9.65. The molecule has 0 aliphatic heterocycles. The number of carbonyl (C=O) groups excluding carboxylic acids is 2. The fourth-order valence-electron chi connectivity index (χ4n) is 1.62. The molecular formula is C15H14N2O3. The van der Waals surface area contributed by atoms with Gasteiger partial charge in [0.05, 0.1) is 0 Å². The van der Waals surface area contributed by atoms with Gasteiger partial charge in [0.25, 0.3) is 0 Å². The number of amides is 2. The molecule has 0 unspecified atom stereocenters. The van der Waals surface area contributed by atoms with E-state index in [0.29, 0.717) is 17.1 Å². The Balaban J connectivity index is 1.99. The number of carbonyl (C=O) groups is 2. The van der Waals surface area contributed by atoms with E-state index in [1.54, 1.807) is 48.5 Å². The highest BCUT2D eigenvalue weighted by molar-refractivity contribution is 5.91. The third-order valence-electron chi connectivity index (χ3n) is 2.38. The Labute approximate surface area is 116 Å². The fourth-order valence-corrected chi connectivity index (χ4v) is 1.62. The molecule has 0 aliphatic rings. The number of rotatable bonds is 3. The standard InChI is InChI=1S/C15H14N2O3/c1-11(18)16-12-6-5-7-13(10-12)17-15(19)20-14-8-3-2-4-9-14/h2-10H,1H3,(H,16,18)(H,17,19). The summed E-state index contributed by atoms with van der Waals surface area (Å²) in [5, 5.41) is 5.23. The zero-order valence-corrected chi connectivity index (χ0v) is 10.9. The molecule has 0 aromatic heterocycles. The predicted molar refractivity (Wildman–Crippen MR) is 76.8 cm³/mol. The van der Waals surface area contributed by atoms with Crippen molar-refractivity contribution in [3.8, 4) is 5.75 Å². The molecule has 0 spiro atoms. The number of hydrogen-bond donors (Lipinski definition) is 2. The Morgan fingerprint density at radius 1 is 0.900 bits per heavy atom. The minimum atomic E-state index is -0.587. The Bertz CT molecular complexity index is 612. The number of nitrogens with one attached hydrogen (secondary N) is 2. The van der Waals surface area contributed by atoms with Crippen LogP contribution in [-0.4, -0.2) is 12.0 Å². The average Bonchev–Trinajstić information content (AvgIpc) is 2.39. The molecule has 5 heteroatoms. The van der Waals surface area contributed by atoms with Gasteiger partial charge in [0.1, 0.15) is 5.75 Å². The molecule has 0 saturated heterocycles. The lowest BCUT2D eigenvalue weighted by Gasteiger charge is -2.08. The van der Waals surface area contributed by atoms with Crippen LogP contribution < -0.4 is 15.4 Å². The molecule has 20 heavy (non-hydrogen) atoms. The molecule has 2 rings (SSSR count). The summed E-state index contributed by atoms with van der Waals surface area (Å²) >= 11 is 0. The highest BCUT2D eigenvalue weighted by Gasteiger charge is 2.05. The molecule has 0 heterocycles. The minimum Gasteiger partial charge on any atom is -0.410 e. The summed E-state index contributed by atoms with van der Waals surface area (Å²) in [6.45, 7) is 1.42. The van der Waals surface area contributed by atoms with Gasteiger partial charge in [-0.15, -0.1) is 0 Å². The van der Waals surface area contributed by atoms with Crippen molar-refractivity contribution >= 4 is 23.4 Å². The summed E-state index contributed by atoms with van der Waals surface area (Å²) in [5.74, 6) is 0.289. The van der Waals surface area contributed by atoms with Gasteiger partial charge in [0.15, 0.2) is 0 Å². The number of benzene rings is 2. The molecule has 0 fully saturated rings. The summed E-state index contributed by atoms with van der Waals surface area (Å²) in [6, 6.07) is 15.6. The Kier molecular flexibility index (Phi) is 4.34. The maximum Gasteiger partial charge on any atom is 0.417 e. The van der Waals surface area contributed by atoms with Gasteiger partial charge in [-0.1, -0.05) is 24.3 Å². The molecule has 102 valence electrons. The molecule has 0 saturated carbocycles. The van der Waals surface area contributed by atoms with Crippen LogP contribution in [0.2, 0.25) is 0 Å². The van der Waals surface area contributed by atoms with Gasteiger partial charge >= 0.3 is 6.09 Å². The third-order valence-corrected chi connectivity index (χ3v) is 2.38. The van der Waals surface area contributed by atoms with Crippen molar-refractivity contribution in [2.45, 2.75) is 6.92 Å². The van der Waals surface area contributed by atoms with Crippen molar-refractivity contribution in [2.24, 2.45) is 0 Å². The van der Waals surface area contributed by atoms with E-state index in [-0.39, 0.29) is 5.91 Å². The first-order valence-electron chi connectivity index (χ1n) is 6.05. The Morgan fingerprint density at radius 3 is 2.20 bits per heavy atom. The second-order valence-corrected chi connectivity index (χ2v) is 4.09. The van der Waals surface area contributed by atoms with Crippen molar-refractivity contribution < 1.29 is 14.3 Å². The lowest BCUT2D eigenvalue weighted by atomic mass is 10.3. The van der Waals surface area contributed by atoms with Crippen molar-refractivity contribution in [2.75, 3.05) is 10.6 Å². The number of hydrogen-bond acceptors (Lipinski definition) is 3. The van der Waals surface area contributed by atoms with E-state index < -0.39 is 6.09 Å². The summed E-state index contributed by atoms with van der Waals surface area (Å²) in [6.07, 6.45) is -0.587. The van der Waals surface area contributed by atoms with E-state index in [1.165, 1.54) is 6.92 Å². The van der Waals surface area contributed by atoms with E-state index >= 15 is 0 Å². The highest BCUT2D eigenvalue weighted by Crippen LogP contribution is 2.16. The maximum atomic E-state index is 11.7. The van der Waals surface area contributed by atoms with Crippen LogP contribution in [0.4, 0.5) is 16.2 Å². The van der Waals surface area contributed by atoms with E-state index in [1.807, 2.05) is 6.07 Å². The fraction of sp³-hybridized carbons (Fsp3) is 0.0667. The molecule has 0 atom stereocenters. The van der Waals surface area contributed by atoms with Crippen LogP contribution in [0.3, 0.4) is 0 Å². The van der Waals surface area contributed by atoms with Crippen LogP contribution >= 0.6 is 0 Å². The molecule has 5 nitrogen and oxygen atoms in total. The van der Waals surface area contributed by atoms with E-state index in [2.05, 4.69) is 10.6 Å². The van der Waals surface area contributed by atoms with Crippen molar-refractivity contribution in [1.29, 1.82) is 0 Å². The van der Waals surface area contributed by atoms with Gasteiger partial charge < -0.3 is 10.1 Å². The smallest absolute Gasteiger partial charge is 0.410 e. The lowest BCUT2D eigenvalue weighted by Crippen LogP contribution is -2.16. The molecule has 2 amide bonds. The zero-order chi connectivity index (χ0) is 14.4. The SMILES string of the molecule is CC(=O)Nc1cccc(NC(=O)Oc2ccccc2)c1. The van der Waals surface area contributed by atoms with Gasteiger partial charge in [-0.05, 0) is 30.3 Å². The van der Waals surface area contributed by atoms with E-state index in [4.69, 9.17) is 4.74 Å². The van der Waals surface area contributed by atoms with Gasteiger partial charge in [-0.2, -0.15) is 0 Å². The summed E-state index contributed by atoms with van der Waals surface area (Å²) in [4.78, 5) is 22.7. The van der Waals surface area contributed by atoms with Crippen LogP contribution in [-0.2, 0) is 4.79 Å². The molecule has 0 bridgehead atoms. The van der Waals surface area contributed by atoms with Crippen LogP contribution in [0.1, 0.15) is 6.92 Å². The maximum absolute atomic E-state index is 11.7. The first-order valence-corrected chi connectivity index (χ1v) is 6.05. The van der Waals surface area contributed by atoms with E-state index in [9.17, 15) is 9.59 Å². The zero-order valence-electron chi connectivity index (χ0n) is 10.9. The van der Waals surface area contributed by atoms with Gasteiger partial charge in [0.2, 0.25) is 5.91 Å². The van der Waals surface area contributed by atoms with Crippen LogP contribution in [0, 0.1) is 0 Å². The predicted octanol–water partition coefficient (Wildman–Crippen LogP) is 3.26. The number of ether oxygens (including phenoxy) is 1. The first-order chi connectivity index (χ1) is 9.63. The average molecular weight is 270 g/mol. The number of anilines is 2. The lowest BCUT2D eigenvalue weighted by molar-refractivity contribution is -0.114. The van der Waals surface area contributed by atoms with Crippen LogP contribution in [0.25, 0.3) is 0 Å². The van der Waals surface area contributed by atoms with E-state index in [0.717, 1.165) is 0 Å². The molecule has 0 radical (unpaired) electrons. The van der Waals surface area contributed by atoms with Crippen molar-refractivity contribution in [3.63, 3.8) is 0 Å². The summed E-state index contributed by atoms with van der Waals surface area (Å²) in [5.41, 5.74) is 1.15. The summed E-state index contributed by atoms with van der Waals surface area (Å²) < 4.78 is 5.10. The quantitative estimate of drug-likeness (QED) is 0.899. The topological polar surface area (TPSA) is 67.4 Å². The number of para-hydroxylation sites is 1. The van der Waals surface area contributed by atoms with Crippen LogP contribution in [0.15, 0.2) is 54.6 Å². The highest BCUT2D eigenvalue weighted by atomic mass is 16.6. The second kappa shape index (κ2) is 6.38. The summed E-state index contributed by atoms with van der Waals surface area (Å²) in [7, 11) is 0. The minimum absolute atomic E-state index is 0.172. The first kappa shape index (κ1) is 13.6. The van der Waals surface area contributed by atoms with Gasteiger partial charge in [-0.25, -0.2) is 4.79 Å². The molecule has 2 N–H and O–H groups in total. The molecular weight excluding hydrogens is 256 g/mol. The Morgan fingerprint density at radius 2 is 1.55 bits per heavy atom. The Hall–Kier alpha value is -2.82. The monoisotopic (exact) mass is 270 g/mol. The molecule has 2 aromatic carbocycles. The second-order valence-electron chi connectivity index (χ2n) is 4.09.